The fourth-order valence-electron chi connectivity index (χ4n) is 3.93. The van der Waals surface area contributed by atoms with Gasteiger partial charge in [-0.15, -0.1) is 0 Å². The van der Waals surface area contributed by atoms with Gasteiger partial charge >= 0.3 is 12.1 Å². The lowest BCUT2D eigenvalue weighted by atomic mass is 9.89. The van der Waals surface area contributed by atoms with E-state index in [4.69, 9.17) is 4.74 Å². The van der Waals surface area contributed by atoms with E-state index < -0.39 is 32.6 Å². The first kappa shape index (κ1) is 24.8. The number of anilines is 1. The molecule has 11 heteroatoms. The minimum atomic E-state index is -4.65. The molecule has 180 valence electrons. The van der Waals surface area contributed by atoms with Crippen LogP contribution in [-0.2, 0) is 20.9 Å². The number of sulfonamides is 1. The summed E-state index contributed by atoms with van der Waals surface area (Å²) in [4.78, 5) is 13.5. The van der Waals surface area contributed by atoms with Gasteiger partial charge in [-0.2, -0.15) is 13.2 Å². The first-order valence-electron chi connectivity index (χ1n) is 10.1. The van der Waals surface area contributed by atoms with Crippen LogP contribution in [0.1, 0.15) is 40.2 Å². The Morgan fingerprint density at radius 2 is 1.88 bits per heavy atom. The summed E-state index contributed by atoms with van der Waals surface area (Å²) in [6.45, 7) is 1.44. The lowest BCUT2D eigenvalue weighted by Crippen LogP contribution is -2.31. The van der Waals surface area contributed by atoms with Gasteiger partial charge in [-0.3, -0.25) is 4.72 Å². The number of benzene rings is 2. The van der Waals surface area contributed by atoms with E-state index in [0.717, 1.165) is 38.3 Å². The molecule has 0 radical (unpaired) electrons. The maximum Gasteiger partial charge on any atom is 0.416 e. The number of ether oxygens (including phenoxy) is 2. The predicted molar refractivity (Wildman–Crippen MR) is 116 cm³/mol. The van der Waals surface area contributed by atoms with Gasteiger partial charge in [0, 0.05) is 6.54 Å². The number of hydrogen-bond donors (Lipinski definition) is 1. The summed E-state index contributed by atoms with van der Waals surface area (Å²) < 4.78 is 78.8. The van der Waals surface area contributed by atoms with Crippen LogP contribution in [0.2, 0.25) is 0 Å². The van der Waals surface area contributed by atoms with E-state index in [0.29, 0.717) is 18.5 Å². The monoisotopic (exact) mass is 486 g/mol. The van der Waals surface area contributed by atoms with Gasteiger partial charge in [-0.25, -0.2) is 13.2 Å². The lowest BCUT2D eigenvalue weighted by molar-refractivity contribution is -0.137. The minimum absolute atomic E-state index is 0.0446. The van der Waals surface area contributed by atoms with Crippen molar-refractivity contribution in [1.29, 1.82) is 0 Å². The third kappa shape index (κ3) is 5.59. The summed E-state index contributed by atoms with van der Waals surface area (Å²) >= 11 is 0. The molecule has 1 heterocycles. The number of likely N-dealkylation sites (tertiary alicyclic amines) is 1. The third-order valence-corrected chi connectivity index (χ3v) is 6.95. The number of carbonyl (C=O) groups excluding carboxylic acids is 1. The number of piperidine rings is 1. The summed E-state index contributed by atoms with van der Waals surface area (Å²) in [5.41, 5.74) is -0.697. The Kier molecular flexibility index (Phi) is 7.23. The molecule has 1 fully saturated rings. The van der Waals surface area contributed by atoms with Gasteiger partial charge in [0.1, 0.15) is 10.6 Å². The summed E-state index contributed by atoms with van der Waals surface area (Å²) in [5, 5.41) is 0. The first-order valence-corrected chi connectivity index (χ1v) is 11.6. The molecule has 0 spiro atoms. The van der Waals surface area contributed by atoms with Gasteiger partial charge in [0.15, 0.2) is 0 Å². The van der Waals surface area contributed by atoms with Crippen molar-refractivity contribution in [2.24, 2.45) is 0 Å². The van der Waals surface area contributed by atoms with Crippen molar-refractivity contribution in [3.05, 3.63) is 53.1 Å². The quantitative estimate of drug-likeness (QED) is 0.619. The van der Waals surface area contributed by atoms with E-state index in [9.17, 15) is 26.4 Å². The fourth-order valence-corrected chi connectivity index (χ4v) is 5.20. The van der Waals surface area contributed by atoms with E-state index in [2.05, 4.69) is 9.46 Å². The number of nitrogens with one attached hydrogen (secondary N) is 1. The van der Waals surface area contributed by atoms with E-state index in [1.165, 1.54) is 25.3 Å². The molecular weight excluding hydrogens is 461 g/mol. The number of halogens is 3. The highest BCUT2D eigenvalue weighted by Gasteiger charge is 2.33. The zero-order valence-electron chi connectivity index (χ0n) is 18.4. The number of rotatable bonds is 6. The highest BCUT2D eigenvalue weighted by atomic mass is 32.2. The average molecular weight is 487 g/mol. The summed E-state index contributed by atoms with van der Waals surface area (Å²) in [6, 6.07) is 6.76. The van der Waals surface area contributed by atoms with Gasteiger partial charge in [0.25, 0.3) is 10.0 Å². The number of hydrogen-bond acceptors (Lipinski definition) is 6. The van der Waals surface area contributed by atoms with E-state index >= 15 is 0 Å². The third-order valence-electron chi connectivity index (χ3n) is 5.56. The van der Waals surface area contributed by atoms with Gasteiger partial charge in [-0.05, 0) is 68.2 Å². The molecule has 1 N–H and O–H groups in total. The van der Waals surface area contributed by atoms with Crippen molar-refractivity contribution >= 4 is 21.7 Å². The molecule has 0 aliphatic carbocycles. The molecular formula is C22H25F3N2O5S. The van der Waals surface area contributed by atoms with Crippen LogP contribution in [-0.4, -0.2) is 53.6 Å². The standard InChI is InChI=1S/C22H25F3N2O5S/c1-27-10-4-5-15(13-27)17-8-7-16(22(23,24)25)12-18(17)26-33(29,30)20-11-14(21(28)32-3)6-9-19(20)31-2/h6-9,11-12,15,26H,4-5,10,13H2,1-3H3. The summed E-state index contributed by atoms with van der Waals surface area (Å²) in [5.74, 6) is -0.979. The maximum absolute atomic E-state index is 13.4. The molecule has 1 saturated heterocycles. The molecule has 7 nitrogen and oxygen atoms in total. The van der Waals surface area contributed by atoms with Crippen LogP contribution in [0.25, 0.3) is 0 Å². The molecule has 3 rings (SSSR count). The highest BCUT2D eigenvalue weighted by Crippen LogP contribution is 2.38. The van der Waals surface area contributed by atoms with Gasteiger partial charge in [0.05, 0.1) is 31.0 Å². The number of esters is 1. The Bertz CT molecular complexity index is 1140. The average Bonchev–Trinajstić information content (AvgIpc) is 2.77. The van der Waals surface area contributed by atoms with Crippen LogP contribution in [0.3, 0.4) is 0 Å². The van der Waals surface area contributed by atoms with Crippen LogP contribution < -0.4 is 9.46 Å². The van der Waals surface area contributed by atoms with Crippen molar-refractivity contribution in [3.63, 3.8) is 0 Å². The Labute approximate surface area is 190 Å². The Morgan fingerprint density at radius 1 is 1.15 bits per heavy atom. The number of nitrogens with zero attached hydrogens (tertiary/aromatic N) is 1. The van der Waals surface area contributed by atoms with Crippen molar-refractivity contribution in [3.8, 4) is 5.75 Å². The topological polar surface area (TPSA) is 84.9 Å². The van der Waals surface area contributed by atoms with Crippen molar-refractivity contribution in [2.45, 2.75) is 29.8 Å². The Morgan fingerprint density at radius 3 is 2.48 bits per heavy atom. The smallest absolute Gasteiger partial charge is 0.416 e. The van der Waals surface area contributed by atoms with Crippen LogP contribution in [0, 0.1) is 0 Å². The van der Waals surface area contributed by atoms with E-state index in [1.807, 2.05) is 11.9 Å². The zero-order chi connectivity index (χ0) is 24.4. The van der Waals surface area contributed by atoms with Gasteiger partial charge in [0.2, 0.25) is 0 Å². The number of carbonyl (C=O) groups is 1. The van der Waals surface area contributed by atoms with Crippen molar-refractivity contribution < 1.29 is 35.9 Å². The normalized spacial score (nSPS) is 17.5. The molecule has 0 bridgehead atoms. The molecule has 2 aromatic carbocycles. The van der Waals surface area contributed by atoms with E-state index in [1.54, 1.807) is 0 Å². The van der Waals surface area contributed by atoms with Crippen LogP contribution in [0.4, 0.5) is 18.9 Å². The maximum atomic E-state index is 13.4. The summed E-state index contributed by atoms with van der Waals surface area (Å²) in [6.07, 6.45) is -3.10. The molecule has 0 amide bonds. The summed E-state index contributed by atoms with van der Waals surface area (Å²) in [7, 11) is -0.117. The fraction of sp³-hybridized carbons (Fsp3) is 0.409. The van der Waals surface area contributed by atoms with Gasteiger partial charge in [-0.1, -0.05) is 6.07 Å². The molecule has 1 aliphatic rings. The van der Waals surface area contributed by atoms with E-state index in [-0.39, 0.29) is 22.9 Å². The van der Waals surface area contributed by atoms with Crippen molar-refractivity contribution in [1.82, 2.24) is 4.90 Å². The minimum Gasteiger partial charge on any atom is -0.495 e. The highest BCUT2D eigenvalue weighted by molar-refractivity contribution is 7.92. The first-order chi connectivity index (χ1) is 15.5. The largest absolute Gasteiger partial charge is 0.495 e. The zero-order valence-corrected chi connectivity index (χ0v) is 19.2. The number of alkyl halides is 3. The second-order valence-electron chi connectivity index (χ2n) is 7.86. The van der Waals surface area contributed by atoms with Crippen molar-refractivity contribution in [2.75, 3.05) is 39.1 Å². The number of likely N-dealkylation sites (N-methyl/N-ethyl adjacent to an activating group) is 1. The second-order valence-corrected chi connectivity index (χ2v) is 9.51. The van der Waals surface area contributed by atoms with Crippen LogP contribution in [0.15, 0.2) is 41.3 Å². The molecule has 0 saturated carbocycles. The predicted octanol–water partition coefficient (Wildman–Crippen LogP) is 4.11. The molecule has 1 unspecified atom stereocenters. The molecule has 2 aromatic rings. The molecule has 1 aliphatic heterocycles. The van der Waals surface area contributed by atoms with Crippen LogP contribution in [0.5, 0.6) is 5.75 Å². The van der Waals surface area contributed by atoms with Gasteiger partial charge < -0.3 is 14.4 Å². The molecule has 0 aromatic heterocycles. The second kappa shape index (κ2) is 9.60. The van der Waals surface area contributed by atoms with Crippen LogP contribution >= 0.6 is 0 Å². The molecule has 1 atom stereocenters. The molecule has 33 heavy (non-hydrogen) atoms. The Balaban J connectivity index is 2.09. The number of methoxy groups -OCH3 is 2. The SMILES string of the molecule is COC(=O)c1ccc(OC)c(S(=O)(=O)Nc2cc(C(F)(F)F)ccc2C2CCCN(C)C2)c1. The lowest BCUT2D eigenvalue weighted by Gasteiger charge is -2.31. The Hall–Kier alpha value is -2.79.